The highest BCUT2D eigenvalue weighted by Gasteiger charge is 2.22. The molecule has 102 valence electrons. The van der Waals surface area contributed by atoms with Gasteiger partial charge in [0.2, 0.25) is 0 Å². The third-order valence-corrected chi connectivity index (χ3v) is 2.71. The van der Waals surface area contributed by atoms with Crippen molar-refractivity contribution in [3.8, 4) is 0 Å². The van der Waals surface area contributed by atoms with Crippen molar-refractivity contribution in [1.82, 2.24) is 9.97 Å². The summed E-state index contributed by atoms with van der Waals surface area (Å²) in [6, 6.07) is 1.90. The second-order valence-corrected chi connectivity index (χ2v) is 4.51. The molecule has 1 heterocycles. The molecule has 2 rings (SSSR count). The number of aromatic nitrogens is 2. The van der Waals surface area contributed by atoms with Crippen LogP contribution >= 0.6 is 0 Å². The van der Waals surface area contributed by atoms with Crippen molar-refractivity contribution in [3.05, 3.63) is 30.0 Å². The van der Waals surface area contributed by atoms with Crippen molar-refractivity contribution < 1.29 is 19.0 Å². The van der Waals surface area contributed by atoms with Crippen LogP contribution < -0.4 is 5.32 Å². The van der Waals surface area contributed by atoms with Crippen LogP contribution in [-0.2, 0) is 0 Å². The number of aliphatic hydroxyl groups excluding tert-OH is 2. The Bertz CT molecular complexity index is 603. The number of benzene rings is 1. The fourth-order valence-electron chi connectivity index (χ4n) is 1.51. The van der Waals surface area contributed by atoms with Crippen LogP contribution in [0.2, 0.25) is 0 Å². The molecule has 7 heteroatoms. The van der Waals surface area contributed by atoms with Crippen LogP contribution in [0.4, 0.5) is 14.6 Å². The number of halogens is 2. The summed E-state index contributed by atoms with van der Waals surface area (Å²) in [5.41, 5.74) is -0.567. The molecule has 1 aromatic heterocycles. The van der Waals surface area contributed by atoms with Crippen LogP contribution in [-0.4, -0.2) is 38.9 Å². The van der Waals surface area contributed by atoms with Crippen molar-refractivity contribution in [2.24, 2.45) is 0 Å². The lowest BCUT2D eigenvalue weighted by atomic mass is 10.1. The largest absolute Gasteiger partial charge is 0.394 e. The first kappa shape index (κ1) is 13.6. The maximum absolute atomic E-state index is 13.1. The highest BCUT2D eigenvalue weighted by Crippen LogP contribution is 2.18. The molecule has 0 aliphatic rings. The van der Waals surface area contributed by atoms with Crippen molar-refractivity contribution in [2.75, 3.05) is 18.5 Å². The van der Waals surface area contributed by atoms with Crippen LogP contribution in [0.1, 0.15) is 6.92 Å². The number of hydrogen-bond donors (Lipinski definition) is 3. The predicted molar refractivity (Wildman–Crippen MR) is 65.7 cm³/mol. The summed E-state index contributed by atoms with van der Waals surface area (Å²) in [7, 11) is 0. The van der Waals surface area contributed by atoms with E-state index >= 15 is 0 Å². The minimum atomic E-state index is -1.01. The zero-order valence-corrected chi connectivity index (χ0v) is 10.2. The Hall–Kier alpha value is -1.86. The Labute approximate surface area is 107 Å². The Morgan fingerprint density at radius 1 is 1.16 bits per heavy atom. The normalized spacial score (nSPS) is 11.8. The summed E-state index contributed by atoms with van der Waals surface area (Å²) >= 11 is 0. The van der Waals surface area contributed by atoms with E-state index in [1.165, 1.54) is 6.20 Å². The van der Waals surface area contributed by atoms with Gasteiger partial charge in [-0.05, 0) is 6.92 Å². The first-order chi connectivity index (χ1) is 8.97. The van der Waals surface area contributed by atoms with Gasteiger partial charge < -0.3 is 15.5 Å². The molecule has 0 saturated carbocycles. The molecular weight excluding hydrogens is 256 g/mol. The van der Waals surface area contributed by atoms with Crippen molar-refractivity contribution in [3.63, 3.8) is 0 Å². The molecule has 2 aromatic rings. The molecule has 0 atom stereocenters. The summed E-state index contributed by atoms with van der Waals surface area (Å²) in [4.78, 5) is 8.00. The molecule has 0 radical (unpaired) electrons. The summed E-state index contributed by atoms with van der Waals surface area (Å²) < 4.78 is 26.1. The van der Waals surface area contributed by atoms with Gasteiger partial charge in [-0.15, -0.1) is 0 Å². The molecule has 0 unspecified atom stereocenters. The summed E-state index contributed by atoms with van der Waals surface area (Å²) in [6.45, 7) is 0.951. The van der Waals surface area contributed by atoms with Crippen LogP contribution in [0.5, 0.6) is 0 Å². The van der Waals surface area contributed by atoms with Gasteiger partial charge >= 0.3 is 0 Å². The molecule has 1 aromatic carbocycles. The number of aliphatic hydroxyl groups is 2. The van der Waals surface area contributed by atoms with Gasteiger partial charge in [-0.2, -0.15) is 0 Å². The highest BCUT2D eigenvalue weighted by atomic mass is 19.2. The van der Waals surface area contributed by atoms with E-state index in [0.29, 0.717) is 0 Å². The molecule has 0 spiro atoms. The fraction of sp³-hybridized carbons (Fsp3) is 0.333. The Kier molecular flexibility index (Phi) is 3.59. The second kappa shape index (κ2) is 5.02. The third-order valence-electron chi connectivity index (χ3n) is 2.71. The lowest BCUT2D eigenvalue weighted by molar-refractivity contribution is 0.147. The Morgan fingerprint density at radius 2 is 1.74 bits per heavy atom. The number of hydrogen-bond acceptors (Lipinski definition) is 5. The number of fused-ring (bicyclic) bond motifs is 1. The molecule has 0 aliphatic heterocycles. The number of nitrogens with zero attached hydrogens (tertiary/aromatic N) is 2. The van der Waals surface area contributed by atoms with E-state index in [0.717, 1.165) is 12.1 Å². The van der Waals surface area contributed by atoms with Crippen molar-refractivity contribution in [2.45, 2.75) is 12.5 Å². The van der Waals surface area contributed by atoms with Gasteiger partial charge in [0, 0.05) is 12.1 Å². The third kappa shape index (κ3) is 2.77. The van der Waals surface area contributed by atoms with Gasteiger partial charge in [-0.25, -0.2) is 13.8 Å². The SMILES string of the molecule is CC(CO)(CO)Nc1cnc2cc(F)c(F)cc2n1. The van der Waals surface area contributed by atoms with Crippen LogP contribution in [0.25, 0.3) is 11.0 Å². The van der Waals surface area contributed by atoms with E-state index in [-0.39, 0.29) is 30.1 Å². The zero-order chi connectivity index (χ0) is 14.0. The molecule has 0 amide bonds. The van der Waals surface area contributed by atoms with E-state index in [1.807, 2.05) is 0 Å². The molecule has 0 saturated heterocycles. The first-order valence-electron chi connectivity index (χ1n) is 5.59. The molecule has 0 bridgehead atoms. The molecule has 3 N–H and O–H groups in total. The molecule has 0 fully saturated rings. The summed E-state index contributed by atoms with van der Waals surface area (Å²) in [5, 5.41) is 21.1. The minimum absolute atomic E-state index is 0.183. The second-order valence-electron chi connectivity index (χ2n) is 4.51. The Morgan fingerprint density at radius 3 is 2.32 bits per heavy atom. The quantitative estimate of drug-likeness (QED) is 0.773. The monoisotopic (exact) mass is 269 g/mol. The maximum atomic E-state index is 13.1. The summed E-state index contributed by atoms with van der Waals surface area (Å²) in [6.07, 6.45) is 1.32. The van der Waals surface area contributed by atoms with Crippen molar-refractivity contribution in [1.29, 1.82) is 0 Å². The predicted octanol–water partition coefficient (Wildman–Crippen LogP) is 1.06. The highest BCUT2D eigenvalue weighted by molar-refractivity contribution is 5.75. The van der Waals surface area contributed by atoms with Gasteiger partial charge in [-0.3, -0.25) is 4.98 Å². The summed E-state index contributed by atoms with van der Waals surface area (Å²) in [5.74, 6) is -1.74. The van der Waals surface area contributed by atoms with E-state index in [2.05, 4.69) is 15.3 Å². The average Bonchev–Trinajstić information content (AvgIpc) is 2.40. The lowest BCUT2D eigenvalue weighted by Gasteiger charge is -2.26. The molecule has 5 nitrogen and oxygen atoms in total. The molecule has 0 aliphatic carbocycles. The molecular formula is C12H13F2N3O2. The van der Waals surface area contributed by atoms with Crippen molar-refractivity contribution >= 4 is 16.9 Å². The topological polar surface area (TPSA) is 78.3 Å². The number of rotatable bonds is 4. The Balaban J connectivity index is 2.39. The number of nitrogens with one attached hydrogen (secondary N) is 1. The van der Waals surface area contributed by atoms with Crippen LogP contribution in [0, 0.1) is 11.6 Å². The van der Waals surface area contributed by atoms with E-state index in [9.17, 15) is 8.78 Å². The van der Waals surface area contributed by atoms with E-state index in [1.54, 1.807) is 6.92 Å². The first-order valence-corrected chi connectivity index (χ1v) is 5.59. The maximum Gasteiger partial charge on any atom is 0.161 e. The number of anilines is 1. The minimum Gasteiger partial charge on any atom is -0.394 e. The van der Waals surface area contributed by atoms with Gasteiger partial charge in [0.1, 0.15) is 5.82 Å². The fourth-order valence-corrected chi connectivity index (χ4v) is 1.51. The van der Waals surface area contributed by atoms with Gasteiger partial charge in [-0.1, -0.05) is 0 Å². The average molecular weight is 269 g/mol. The van der Waals surface area contributed by atoms with Gasteiger partial charge in [0.25, 0.3) is 0 Å². The van der Waals surface area contributed by atoms with Gasteiger partial charge in [0.05, 0.1) is 36.0 Å². The lowest BCUT2D eigenvalue weighted by Crippen LogP contribution is -2.42. The van der Waals surface area contributed by atoms with Gasteiger partial charge in [0.15, 0.2) is 11.6 Å². The molecule has 19 heavy (non-hydrogen) atoms. The van der Waals surface area contributed by atoms with Crippen LogP contribution in [0.15, 0.2) is 18.3 Å². The zero-order valence-electron chi connectivity index (χ0n) is 10.2. The van der Waals surface area contributed by atoms with E-state index in [4.69, 9.17) is 10.2 Å². The van der Waals surface area contributed by atoms with Crippen LogP contribution in [0.3, 0.4) is 0 Å². The standard InChI is InChI=1S/C12H13F2N3O2/c1-12(5-18,6-19)17-11-4-15-9-2-7(13)8(14)3-10(9)16-11/h2-4,18-19H,5-6H2,1H3,(H,16,17). The van der Waals surface area contributed by atoms with E-state index < -0.39 is 17.2 Å². The smallest absolute Gasteiger partial charge is 0.161 e.